The van der Waals surface area contributed by atoms with Crippen LogP contribution in [-0.2, 0) is 9.59 Å². The van der Waals surface area contributed by atoms with Crippen molar-refractivity contribution < 1.29 is 23.5 Å². The van der Waals surface area contributed by atoms with Crippen LogP contribution in [0.15, 0.2) is 125 Å². The maximum absolute atomic E-state index is 12.6. The molecule has 0 aliphatic heterocycles. The van der Waals surface area contributed by atoms with Crippen LogP contribution in [0.1, 0.15) is 11.5 Å². The highest BCUT2D eigenvalue weighted by Crippen LogP contribution is 2.34. The summed E-state index contributed by atoms with van der Waals surface area (Å²) in [4.78, 5) is 35.7. The van der Waals surface area contributed by atoms with Gasteiger partial charge in [0.1, 0.15) is 0 Å². The molecule has 4 aromatic rings. The van der Waals surface area contributed by atoms with E-state index in [0.29, 0.717) is 28.1 Å². The van der Waals surface area contributed by atoms with E-state index in [0.717, 1.165) is 11.1 Å². The molecular formula is C32H26O6. The van der Waals surface area contributed by atoms with Crippen molar-refractivity contribution in [2.75, 3.05) is 14.2 Å². The van der Waals surface area contributed by atoms with Gasteiger partial charge in [-0.1, -0.05) is 72.8 Å². The van der Waals surface area contributed by atoms with Crippen molar-refractivity contribution in [3.05, 3.63) is 131 Å². The average molecular weight is 507 g/mol. The molecule has 1 aromatic heterocycles. The molecule has 1 aliphatic carbocycles. The second kappa shape index (κ2) is 11.8. The Morgan fingerprint density at radius 3 is 2.13 bits per heavy atom. The zero-order valence-electron chi connectivity index (χ0n) is 21.0. The number of allylic oxidation sites excluding steroid dienone is 5. The van der Waals surface area contributed by atoms with Crippen LogP contribution >= 0.6 is 0 Å². The number of carbonyl (C=O) groups excluding carboxylic acids is 2. The minimum atomic E-state index is -0.224. The SMILES string of the molecule is C=CC(C1=CC(=O)C=CC1=O)c1ccccc1.COc1c(-c2ccccc2)oc2c(OC)cccc2c1=O. The van der Waals surface area contributed by atoms with Crippen LogP contribution in [-0.4, -0.2) is 25.8 Å². The first-order valence-electron chi connectivity index (χ1n) is 11.9. The summed E-state index contributed by atoms with van der Waals surface area (Å²) in [6.45, 7) is 3.74. The van der Waals surface area contributed by atoms with Gasteiger partial charge in [-0.2, -0.15) is 0 Å². The predicted molar refractivity (Wildman–Crippen MR) is 148 cm³/mol. The van der Waals surface area contributed by atoms with E-state index in [1.165, 1.54) is 25.3 Å². The number of fused-ring (bicyclic) bond motifs is 1. The number of carbonyl (C=O) groups is 2. The van der Waals surface area contributed by atoms with Gasteiger partial charge in [-0.05, 0) is 35.9 Å². The lowest BCUT2D eigenvalue weighted by molar-refractivity contribution is -0.114. The molecule has 0 fully saturated rings. The van der Waals surface area contributed by atoms with Gasteiger partial charge in [0.15, 0.2) is 28.7 Å². The van der Waals surface area contributed by atoms with Crippen molar-refractivity contribution in [2.24, 2.45) is 0 Å². The van der Waals surface area contributed by atoms with Gasteiger partial charge >= 0.3 is 0 Å². The fourth-order valence-corrected chi connectivity index (χ4v) is 4.17. The fourth-order valence-electron chi connectivity index (χ4n) is 4.17. The number of methoxy groups -OCH3 is 2. The van der Waals surface area contributed by atoms with Crippen LogP contribution in [0.3, 0.4) is 0 Å². The van der Waals surface area contributed by atoms with E-state index in [9.17, 15) is 14.4 Å². The van der Waals surface area contributed by atoms with E-state index >= 15 is 0 Å². The summed E-state index contributed by atoms with van der Waals surface area (Å²) in [5, 5.41) is 0.436. The van der Waals surface area contributed by atoms with E-state index in [1.54, 1.807) is 31.4 Å². The molecule has 5 rings (SSSR count). The van der Waals surface area contributed by atoms with Gasteiger partial charge in [-0.3, -0.25) is 14.4 Å². The van der Waals surface area contributed by atoms with Gasteiger partial charge in [-0.25, -0.2) is 0 Å². The summed E-state index contributed by atoms with van der Waals surface area (Å²) < 4.78 is 16.5. The summed E-state index contributed by atoms with van der Waals surface area (Å²) in [6.07, 6.45) is 5.68. The van der Waals surface area contributed by atoms with Crippen molar-refractivity contribution >= 4 is 22.5 Å². The van der Waals surface area contributed by atoms with Crippen molar-refractivity contribution in [2.45, 2.75) is 5.92 Å². The Labute approximate surface area is 220 Å². The summed E-state index contributed by atoms with van der Waals surface area (Å²) in [6, 6.07) is 24.1. The molecule has 0 amide bonds. The Kier molecular flexibility index (Phi) is 8.14. The molecule has 6 heteroatoms. The third kappa shape index (κ3) is 5.39. The lowest BCUT2D eigenvalue weighted by Gasteiger charge is -2.16. The normalized spacial score (nSPS) is 13.3. The molecule has 3 aromatic carbocycles. The smallest absolute Gasteiger partial charge is 0.235 e. The molecule has 0 radical (unpaired) electrons. The highest BCUT2D eigenvalue weighted by atomic mass is 16.5. The lowest BCUT2D eigenvalue weighted by Crippen LogP contribution is -2.13. The van der Waals surface area contributed by atoms with Crippen molar-refractivity contribution in [1.29, 1.82) is 0 Å². The number of benzene rings is 3. The molecule has 38 heavy (non-hydrogen) atoms. The van der Waals surface area contributed by atoms with Crippen LogP contribution in [0.25, 0.3) is 22.3 Å². The molecule has 1 aliphatic rings. The van der Waals surface area contributed by atoms with Crippen LogP contribution in [0.4, 0.5) is 0 Å². The van der Waals surface area contributed by atoms with Gasteiger partial charge in [0.2, 0.25) is 11.2 Å². The second-order valence-corrected chi connectivity index (χ2v) is 8.32. The van der Waals surface area contributed by atoms with Crippen LogP contribution in [0, 0.1) is 0 Å². The van der Waals surface area contributed by atoms with E-state index in [2.05, 4.69) is 6.58 Å². The van der Waals surface area contributed by atoms with Crippen LogP contribution < -0.4 is 14.9 Å². The summed E-state index contributed by atoms with van der Waals surface area (Å²) in [5.41, 5.74) is 2.43. The number of rotatable bonds is 6. The first-order chi connectivity index (χ1) is 18.5. The molecule has 0 spiro atoms. The molecule has 0 saturated heterocycles. The first-order valence-corrected chi connectivity index (χ1v) is 11.9. The molecule has 0 saturated carbocycles. The van der Waals surface area contributed by atoms with Gasteiger partial charge < -0.3 is 13.9 Å². The van der Waals surface area contributed by atoms with Gasteiger partial charge in [0.05, 0.1) is 19.6 Å². The molecule has 1 atom stereocenters. The largest absolute Gasteiger partial charge is 0.493 e. The number of para-hydroxylation sites is 1. The maximum atomic E-state index is 12.6. The van der Waals surface area contributed by atoms with Crippen LogP contribution in [0.5, 0.6) is 11.5 Å². The van der Waals surface area contributed by atoms with E-state index in [-0.39, 0.29) is 28.7 Å². The Hall–Kier alpha value is -4.97. The second-order valence-electron chi connectivity index (χ2n) is 8.32. The molecule has 0 bridgehead atoms. The monoisotopic (exact) mass is 506 g/mol. The average Bonchev–Trinajstić information content (AvgIpc) is 2.96. The predicted octanol–water partition coefficient (Wildman–Crippen LogP) is 6.07. The van der Waals surface area contributed by atoms with E-state index in [4.69, 9.17) is 13.9 Å². The van der Waals surface area contributed by atoms with Crippen molar-refractivity contribution in [1.82, 2.24) is 0 Å². The highest BCUT2D eigenvalue weighted by Gasteiger charge is 2.22. The Balaban J connectivity index is 0.000000181. The summed E-state index contributed by atoms with van der Waals surface area (Å²) in [5.74, 6) is 0.616. The maximum Gasteiger partial charge on any atom is 0.235 e. The number of hydrogen-bond donors (Lipinski definition) is 0. The number of hydrogen-bond acceptors (Lipinski definition) is 6. The first kappa shape index (κ1) is 26.1. The van der Waals surface area contributed by atoms with E-state index < -0.39 is 0 Å². The molecule has 6 nitrogen and oxygen atoms in total. The van der Waals surface area contributed by atoms with E-state index in [1.807, 2.05) is 60.7 Å². The topological polar surface area (TPSA) is 82.8 Å². The minimum absolute atomic E-state index is 0.127. The Morgan fingerprint density at radius 2 is 1.50 bits per heavy atom. The third-order valence-corrected chi connectivity index (χ3v) is 6.01. The summed E-state index contributed by atoms with van der Waals surface area (Å²) >= 11 is 0. The molecule has 1 unspecified atom stereocenters. The van der Waals surface area contributed by atoms with Gasteiger partial charge in [-0.15, -0.1) is 6.58 Å². The quantitative estimate of drug-likeness (QED) is 0.233. The Morgan fingerprint density at radius 1 is 0.816 bits per heavy atom. The Bertz CT molecular complexity index is 1590. The van der Waals surface area contributed by atoms with Gasteiger partial charge in [0.25, 0.3) is 0 Å². The lowest BCUT2D eigenvalue weighted by atomic mass is 9.86. The van der Waals surface area contributed by atoms with Crippen molar-refractivity contribution in [3.8, 4) is 22.8 Å². The number of ketones is 2. The van der Waals surface area contributed by atoms with Crippen LogP contribution in [0.2, 0.25) is 0 Å². The fraction of sp³-hybridized carbons (Fsp3) is 0.0938. The molecule has 1 heterocycles. The standard InChI is InChI=1S/C17H14O4.C15H12O2/c1-19-13-10-6-9-12-14(18)17(20-2)15(21-16(12)13)11-7-4-3-5-8-11;1-2-13(11-6-4-3-5-7-11)14-10-12(16)8-9-15(14)17/h3-10H,1-2H3;2-10,13H,1H2. The highest BCUT2D eigenvalue weighted by molar-refractivity contribution is 6.18. The summed E-state index contributed by atoms with van der Waals surface area (Å²) in [7, 11) is 3.01. The minimum Gasteiger partial charge on any atom is -0.493 e. The number of ether oxygens (including phenoxy) is 2. The zero-order chi connectivity index (χ0) is 27.1. The molecule has 0 N–H and O–H groups in total. The van der Waals surface area contributed by atoms with Gasteiger partial charge in [0, 0.05) is 17.1 Å². The molecular weight excluding hydrogens is 480 g/mol. The molecule has 190 valence electrons. The third-order valence-electron chi connectivity index (χ3n) is 6.01. The van der Waals surface area contributed by atoms with Crippen molar-refractivity contribution in [3.63, 3.8) is 0 Å². The zero-order valence-corrected chi connectivity index (χ0v) is 21.0.